The Hall–Kier alpha value is -0.410. The van der Waals surface area contributed by atoms with Gasteiger partial charge in [0.1, 0.15) is 5.78 Å². The van der Waals surface area contributed by atoms with Crippen molar-refractivity contribution in [1.82, 2.24) is 0 Å². The minimum Gasteiger partial charge on any atom is -0.393 e. The smallest absolute Gasteiger partial charge is 0.136 e. The van der Waals surface area contributed by atoms with Crippen LogP contribution in [0.2, 0.25) is 0 Å². The van der Waals surface area contributed by atoms with Crippen LogP contribution in [0.5, 0.6) is 0 Å². The molecule has 0 aromatic carbocycles. The summed E-state index contributed by atoms with van der Waals surface area (Å²) < 4.78 is 0. The van der Waals surface area contributed by atoms with Crippen molar-refractivity contribution in [1.29, 1.82) is 0 Å². The summed E-state index contributed by atoms with van der Waals surface area (Å²) >= 11 is 0. The Morgan fingerprint density at radius 3 is 2.59 bits per heavy atom. The Balaban J connectivity index is 1.75. The van der Waals surface area contributed by atoms with Crippen LogP contribution < -0.4 is 0 Å². The van der Waals surface area contributed by atoms with E-state index in [0.29, 0.717) is 18.1 Å². The topological polar surface area (TPSA) is 57.5 Å². The third-order valence-electron chi connectivity index (χ3n) is 8.24. The van der Waals surface area contributed by atoms with Gasteiger partial charge in [0.25, 0.3) is 0 Å². The summed E-state index contributed by atoms with van der Waals surface area (Å²) in [5.41, 5.74) is -0.189. The van der Waals surface area contributed by atoms with Crippen molar-refractivity contribution < 1.29 is 15.0 Å². The van der Waals surface area contributed by atoms with Gasteiger partial charge in [0.2, 0.25) is 0 Å². The van der Waals surface area contributed by atoms with Crippen LogP contribution in [0.4, 0.5) is 0 Å². The Kier molecular flexibility index (Phi) is 3.30. The van der Waals surface area contributed by atoms with Crippen molar-refractivity contribution in [3.63, 3.8) is 0 Å². The monoisotopic (exact) mass is 306 g/mol. The number of aliphatic hydroxyl groups is 2. The second-order valence-electron chi connectivity index (χ2n) is 9.14. The molecule has 4 saturated carbocycles. The van der Waals surface area contributed by atoms with E-state index in [1.54, 1.807) is 0 Å². The first kappa shape index (κ1) is 15.1. The molecule has 0 aliphatic heterocycles. The molecule has 0 aromatic rings. The van der Waals surface area contributed by atoms with Gasteiger partial charge in [-0.3, -0.25) is 4.79 Å². The summed E-state index contributed by atoms with van der Waals surface area (Å²) in [6.07, 6.45) is 7.05. The highest BCUT2D eigenvalue weighted by atomic mass is 16.3. The second-order valence-corrected chi connectivity index (χ2v) is 9.14. The van der Waals surface area contributed by atoms with Crippen molar-refractivity contribution in [3.8, 4) is 0 Å². The zero-order chi connectivity index (χ0) is 15.7. The predicted molar refractivity (Wildman–Crippen MR) is 84.1 cm³/mol. The predicted octanol–water partition coefficient (Wildman–Crippen LogP) is 2.93. The number of carbonyl (C=O) groups excluding carboxylic acids is 1. The highest BCUT2D eigenvalue weighted by molar-refractivity contribution is 5.83. The van der Waals surface area contributed by atoms with Crippen molar-refractivity contribution in [2.75, 3.05) is 0 Å². The van der Waals surface area contributed by atoms with E-state index in [9.17, 15) is 15.0 Å². The van der Waals surface area contributed by atoms with Gasteiger partial charge >= 0.3 is 0 Å². The average Bonchev–Trinajstić information content (AvgIpc) is 2.74. The molecule has 4 fully saturated rings. The lowest BCUT2D eigenvalue weighted by atomic mass is 9.44. The number of carbonyl (C=O) groups is 1. The minimum atomic E-state index is -0.349. The number of ketones is 1. The molecule has 4 aliphatic rings. The first-order chi connectivity index (χ1) is 10.4. The largest absolute Gasteiger partial charge is 0.393 e. The van der Waals surface area contributed by atoms with Gasteiger partial charge in [0, 0.05) is 12.3 Å². The zero-order valence-electron chi connectivity index (χ0n) is 13.9. The average molecular weight is 306 g/mol. The number of Topliss-reactive ketones (excluding diaryl/α,β-unsaturated/α-hetero) is 1. The van der Waals surface area contributed by atoms with Gasteiger partial charge in [-0.2, -0.15) is 0 Å². The summed E-state index contributed by atoms with van der Waals surface area (Å²) in [5, 5.41) is 21.5. The summed E-state index contributed by atoms with van der Waals surface area (Å²) in [7, 11) is 0. The molecule has 0 amide bonds. The van der Waals surface area contributed by atoms with Crippen LogP contribution in [-0.4, -0.2) is 28.2 Å². The molecule has 8 atom stereocenters. The fourth-order valence-electron chi connectivity index (χ4n) is 7.21. The lowest BCUT2D eigenvalue weighted by molar-refractivity contribution is -0.181. The molecule has 0 radical (unpaired) electrons. The van der Waals surface area contributed by atoms with Crippen molar-refractivity contribution in [2.45, 2.75) is 77.4 Å². The van der Waals surface area contributed by atoms with Gasteiger partial charge in [0.15, 0.2) is 0 Å². The van der Waals surface area contributed by atoms with Crippen molar-refractivity contribution in [2.24, 2.45) is 34.5 Å². The number of rotatable bonds is 0. The lowest BCUT2D eigenvalue weighted by Crippen LogP contribution is -2.61. The van der Waals surface area contributed by atoms with Crippen LogP contribution in [0, 0.1) is 34.5 Å². The summed E-state index contributed by atoms with van der Waals surface area (Å²) in [6, 6.07) is 0. The fourth-order valence-corrected chi connectivity index (χ4v) is 7.21. The van der Waals surface area contributed by atoms with Crippen LogP contribution in [-0.2, 0) is 4.79 Å². The molecule has 0 bridgehead atoms. The summed E-state index contributed by atoms with van der Waals surface area (Å²) in [4.78, 5) is 12.8. The molecular weight excluding hydrogens is 276 g/mol. The summed E-state index contributed by atoms with van der Waals surface area (Å²) in [6.45, 7) is 4.43. The third kappa shape index (κ3) is 1.78. The number of hydrogen-bond acceptors (Lipinski definition) is 3. The maximum atomic E-state index is 12.8. The minimum absolute atomic E-state index is 0.00740. The molecule has 4 aliphatic carbocycles. The molecule has 0 aromatic heterocycles. The SMILES string of the molecule is CC12CC(O)C3C(CC(=O)C4CCCCC43C)C1CCC2O. The Morgan fingerprint density at radius 2 is 1.82 bits per heavy atom. The molecule has 4 rings (SSSR count). The zero-order valence-corrected chi connectivity index (χ0v) is 13.9. The van der Waals surface area contributed by atoms with Crippen LogP contribution in [0.15, 0.2) is 0 Å². The maximum Gasteiger partial charge on any atom is 0.136 e. The molecule has 124 valence electrons. The van der Waals surface area contributed by atoms with Crippen LogP contribution >= 0.6 is 0 Å². The van der Waals surface area contributed by atoms with E-state index in [2.05, 4.69) is 13.8 Å². The van der Waals surface area contributed by atoms with Crippen LogP contribution in [0.25, 0.3) is 0 Å². The van der Waals surface area contributed by atoms with Crippen LogP contribution in [0.1, 0.15) is 65.2 Å². The maximum absolute atomic E-state index is 12.8. The van der Waals surface area contributed by atoms with Crippen molar-refractivity contribution >= 4 is 5.78 Å². The van der Waals surface area contributed by atoms with Crippen molar-refractivity contribution in [3.05, 3.63) is 0 Å². The first-order valence-corrected chi connectivity index (χ1v) is 9.27. The van der Waals surface area contributed by atoms with E-state index in [1.165, 1.54) is 12.8 Å². The molecule has 22 heavy (non-hydrogen) atoms. The molecule has 0 heterocycles. The quantitative estimate of drug-likeness (QED) is 0.723. The van der Waals surface area contributed by atoms with E-state index < -0.39 is 0 Å². The normalized spacial score (nSPS) is 57.9. The summed E-state index contributed by atoms with van der Waals surface area (Å²) in [5.74, 6) is 1.59. The molecular formula is C19H30O3. The van der Waals surface area contributed by atoms with Gasteiger partial charge in [0.05, 0.1) is 12.2 Å². The van der Waals surface area contributed by atoms with Crippen LogP contribution in [0.3, 0.4) is 0 Å². The molecule has 0 spiro atoms. The van der Waals surface area contributed by atoms with E-state index in [0.717, 1.165) is 32.1 Å². The molecule has 8 unspecified atom stereocenters. The highest BCUT2D eigenvalue weighted by Crippen LogP contribution is 2.65. The molecule has 2 N–H and O–H groups in total. The number of hydrogen-bond donors (Lipinski definition) is 2. The van der Waals surface area contributed by atoms with E-state index in [1.807, 2.05) is 0 Å². The molecule has 0 saturated heterocycles. The number of fused-ring (bicyclic) bond motifs is 5. The second kappa shape index (κ2) is 4.80. The molecule has 3 nitrogen and oxygen atoms in total. The van der Waals surface area contributed by atoms with Gasteiger partial charge in [-0.15, -0.1) is 0 Å². The third-order valence-corrected chi connectivity index (χ3v) is 8.24. The number of aliphatic hydroxyl groups excluding tert-OH is 2. The first-order valence-electron chi connectivity index (χ1n) is 9.27. The van der Waals surface area contributed by atoms with Gasteiger partial charge in [-0.1, -0.05) is 26.7 Å². The Morgan fingerprint density at radius 1 is 1.05 bits per heavy atom. The standard InChI is InChI=1S/C19H30O3/c1-18-8-4-3-5-13(18)14(20)9-11-12-6-7-16(22)19(12,2)10-15(21)17(11)18/h11-13,15-17,21-22H,3-10H2,1-2H3. The van der Waals surface area contributed by atoms with Gasteiger partial charge in [-0.25, -0.2) is 0 Å². The van der Waals surface area contributed by atoms with Gasteiger partial charge < -0.3 is 10.2 Å². The highest BCUT2D eigenvalue weighted by Gasteiger charge is 2.64. The van der Waals surface area contributed by atoms with E-state index in [-0.39, 0.29) is 40.8 Å². The van der Waals surface area contributed by atoms with E-state index >= 15 is 0 Å². The lowest BCUT2D eigenvalue weighted by Gasteiger charge is -2.60. The fraction of sp³-hybridized carbons (Fsp3) is 0.947. The molecule has 3 heteroatoms. The van der Waals surface area contributed by atoms with Gasteiger partial charge in [-0.05, 0) is 60.7 Å². The Bertz CT molecular complexity index is 489. The van der Waals surface area contributed by atoms with E-state index in [4.69, 9.17) is 0 Å². The Labute approximate surface area is 133 Å².